The van der Waals surface area contributed by atoms with Crippen molar-refractivity contribution in [3.63, 3.8) is 0 Å². The fraction of sp³-hybridized carbons (Fsp3) is 0.923. The molecule has 0 spiro atoms. The number of carbonyl (C=O) groups excluding carboxylic acids is 1. The molecule has 0 amide bonds. The highest BCUT2D eigenvalue weighted by molar-refractivity contribution is 5.51. The van der Waals surface area contributed by atoms with E-state index in [9.17, 15) is 4.79 Å². The van der Waals surface area contributed by atoms with Crippen molar-refractivity contribution in [2.75, 3.05) is 32.8 Å². The molecule has 0 radical (unpaired) electrons. The Labute approximate surface area is 105 Å². The monoisotopic (exact) mass is 245 g/mol. The van der Waals surface area contributed by atoms with Gasteiger partial charge in [0, 0.05) is 13.2 Å². The lowest BCUT2D eigenvalue weighted by molar-refractivity contribution is -0.123. The third-order valence-corrected chi connectivity index (χ3v) is 2.58. The van der Waals surface area contributed by atoms with Crippen LogP contribution in [-0.4, -0.2) is 50.3 Å². The fourth-order valence-corrected chi connectivity index (χ4v) is 1.76. The van der Waals surface area contributed by atoms with Crippen LogP contribution in [0, 0.1) is 0 Å². The molecule has 1 aliphatic heterocycles. The van der Waals surface area contributed by atoms with Crippen LogP contribution >= 0.6 is 0 Å². The Morgan fingerprint density at radius 1 is 1.12 bits per heavy atom. The van der Waals surface area contributed by atoms with E-state index in [2.05, 4.69) is 4.90 Å². The number of hydrogen-bond donors (Lipinski definition) is 0. The Morgan fingerprint density at radius 2 is 1.65 bits per heavy atom. The second-order valence-corrected chi connectivity index (χ2v) is 4.01. The quantitative estimate of drug-likeness (QED) is 0.530. The zero-order valence-electron chi connectivity index (χ0n) is 11.5. The molecular weight excluding hydrogens is 218 g/mol. The Balaban J connectivity index is 0.000000304. The van der Waals surface area contributed by atoms with E-state index in [1.165, 1.54) is 19.3 Å². The zero-order chi connectivity index (χ0) is 12.9. The third kappa shape index (κ3) is 10.4. The first-order valence-electron chi connectivity index (χ1n) is 6.63. The van der Waals surface area contributed by atoms with E-state index in [0.717, 1.165) is 32.6 Å². The molecule has 0 aromatic rings. The predicted octanol–water partition coefficient (Wildman–Crippen LogP) is 2.08. The summed E-state index contributed by atoms with van der Waals surface area (Å²) >= 11 is 0. The van der Waals surface area contributed by atoms with Crippen molar-refractivity contribution in [3.8, 4) is 0 Å². The molecule has 1 rings (SSSR count). The van der Waals surface area contributed by atoms with Crippen molar-refractivity contribution in [2.24, 2.45) is 0 Å². The number of rotatable bonds is 6. The van der Waals surface area contributed by atoms with Gasteiger partial charge in [0.15, 0.2) is 6.29 Å². The highest BCUT2D eigenvalue weighted by Crippen LogP contribution is 2.06. The van der Waals surface area contributed by atoms with E-state index < -0.39 is 0 Å². The molecule has 4 heteroatoms. The zero-order valence-corrected chi connectivity index (χ0v) is 11.5. The molecule has 0 aliphatic carbocycles. The first-order valence-corrected chi connectivity index (χ1v) is 6.63. The topological polar surface area (TPSA) is 38.8 Å². The maximum atomic E-state index is 10.0. The Hall–Kier alpha value is -0.450. The van der Waals surface area contributed by atoms with Gasteiger partial charge in [0.1, 0.15) is 6.29 Å². The van der Waals surface area contributed by atoms with Crippen LogP contribution in [0.2, 0.25) is 0 Å². The summed E-state index contributed by atoms with van der Waals surface area (Å²) in [6, 6.07) is 0. The summed E-state index contributed by atoms with van der Waals surface area (Å²) in [5.41, 5.74) is 0. The van der Waals surface area contributed by atoms with E-state index in [0.29, 0.717) is 6.54 Å². The van der Waals surface area contributed by atoms with Crippen LogP contribution in [0.5, 0.6) is 0 Å². The average molecular weight is 245 g/mol. The van der Waals surface area contributed by atoms with Crippen LogP contribution in [0.25, 0.3) is 0 Å². The Bertz CT molecular complexity index is 164. The van der Waals surface area contributed by atoms with Crippen LogP contribution in [-0.2, 0) is 14.3 Å². The molecule has 4 nitrogen and oxygen atoms in total. The van der Waals surface area contributed by atoms with E-state index in [1.54, 1.807) is 0 Å². The standard InChI is InChI=1S/C7H13NO.C6H14O2/c9-7-6-8-4-2-1-3-5-8;1-4-7-6(3)8-5-2/h7H,1-6H2;6H,4-5H2,1-3H3. The second-order valence-electron chi connectivity index (χ2n) is 4.01. The van der Waals surface area contributed by atoms with Crippen LogP contribution < -0.4 is 0 Å². The minimum absolute atomic E-state index is 0.0370. The molecule has 102 valence electrons. The summed E-state index contributed by atoms with van der Waals surface area (Å²) < 4.78 is 10.1. The van der Waals surface area contributed by atoms with Crippen molar-refractivity contribution in [1.82, 2.24) is 4.90 Å². The van der Waals surface area contributed by atoms with E-state index >= 15 is 0 Å². The number of likely N-dealkylation sites (tertiary alicyclic amines) is 1. The predicted molar refractivity (Wildman–Crippen MR) is 69.1 cm³/mol. The summed E-state index contributed by atoms with van der Waals surface area (Å²) in [4.78, 5) is 12.2. The second kappa shape index (κ2) is 12.0. The maximum Gasteiger partial charge on any atom is 0.154 e. The first kappa shape index (κ1) is 16.6. The number of hydrogen-bond acceptors (Lipinski definition) is 4. The van der Waals surface area contributed by atoms with Crippen molar-refractivity contribution >= 4 is 6.29 Å². The van der Waals surface area contributed by atoms with Crippen molar-refractivity contribution < 1.29 is 14.3 Å². The number of carbonyl (C=O) groups is 1. The van der Waals surface area contributed by atoms with Gasteiger partial charge < -0.3 is 14.3 Å². The molecule has 0 N–H and O–H groups in total. The molecule has 17 heavy (non-hydrogen) atoms. The van der Waals surface area contributed by atoms with Crippen LogP contribution in [0.4, 0.5) is 0 Å². The largest absolute Gasteiger partial charge is 0.353 e. The molecule has 1 fully saturated rings. The summed E-state index contributed by atoms with van der Waals surface area (Å²) in [5, 5.41) is 0. The van der Waals surface area contributed by atoms with Crippen molar-refractivity contribution in [1.29, 1.82) is 0 Å². The third-order valence-electron chi connectivity index (χ3n) is 2.58. The number of nitrogens with zero attached hydrogens (tertiary/aromatic N) is 1. The van der Waals surface area contributed by atoms with Gasteiger partial charge in [0.2, 0.25) is 0 Å². The van der Waals surface area contributed by atoms with E-state index in [-0.39, 0.29) is 6.29 Å². The Morgan fingerprint density at radius 3 is 2.06 bits per heavy atom. The van der Waals surface area contributed by atoms with Gasteiger partial charge in [0.05, 0.1) is 6.54 Å². The molecule has 0 unspecified atom stereocenters. The van der Waals surface area contributed by atoms with E-state index in [1.807, 2.05) is 20.8 Å². The van der Waals surface area contributed by atoms with Crippen LogP contribution in [0.3, 0.4) is 0 Å². The molecule has 0 atom stereocenters. The van der Waals surface area contributed by atoms with Gasteiger partial charge in [0.25, 0.3) is 0 Å². The minimum Gasteiger partial charge on any atom is -0.353 e. The van der Waals surface area contributed by atoms with Crippen molar-refractivity contribution in [2.45, 2.75) is 46.3 Å². The SMILES string of the molecule is CCOC(C)OCC.O=CCN1CCCCC1. The number of piperidine rings is 1. The highest BCUT2D eigenvalue weighted by atomic mass is 16.7. The molecule has 0 aromatic carbocycles. The Kier molecular flexibility index (Phi) is 11.7. The first-order chi connectivity index (χ1) is 8.24. The van der Waals surface area contributed by atoms with Gasteiger partial charge in [-0.25, -0.2) is 0 Å². The fourth-order valence-electron chi connectivity index (χ4n) is 1.76. The minimum atomic E-state index is -0.0370. The van der Waals surface area contributed by atoms with Crippen LogP contribution in [0.15, 0.2) is 0 Å². The van der Waals surface area contributed by atoms with Gasteiger partial charge in [-0.1, -0.05) is 6.42 Å². The number of aldehydes is 1. The molecule has 0 saturated carbocycles. The molecule has 1 aliphatic rings. The smallest absolute Gasteiger partial charge is 0.154 e. The molecule has 1 saturated heterocycles. The van der Waals surface area contributed by atoms with Gasteiger partial charge in [-0.3, -0.25) is 4.90 Å². The molecule has 0 bridgehead atoms. The summed E-state index contributed by atoms with van der Waals surface area (Å²) in [6.07, 6.45) is 4.84. The van der Waals surface area contributed by atoms with Gasteiger partial charge in [-0.05, 0) is 46.7 Å². The summed E-state index contributed by atoms with van der Waals surface area (Å²) in [6.45, 7) is 10.1. The molecule has 0 aromatic heterocycles. The summed E-state index contributed by atoms with van der Waals surface area (Å²) in [5.74, 6) is 0. The highest BCUT2D eigenvalue weighted by Gasteiger charge is 2.07. The molecule has 1 heterocycles. The van der Waals surface area contributed by atoms with Gasteiger partial charge in [-0.15, -0.1) is 0 Å². The molecular formula is C13H27NO3. The normalized spacial score (nSPS) is 16.5. The average Bonchev–Trinajstić information content (AvgIpc) is 2.32. The lowest BCUT2D eigenvalue weighted by Gasteiger charge is -2.23. The maximum absolute atomic E-state index is 10.0. The number of ether oxygens (including phenoxy) is 2. The van der Waals surface area contributed by atoms with Crippen molar-refractivity contribution in [3.05, 3.63) is 0 Å². The van der Waals surface area contributed by atoms with E-state index in [4.69, 9.17) is 9.47 Å². The summed E-state index contributed by atoms with van der Waals surface area (Å²) in [7, 11) is 0. The lowest BCUT2D eigenvalue weighted by atomic mass is 10.1. The lowest BCUT2D eigenvalue weighted by Crippen LogP contribution is -2.31. The van der Waals surface area contributed by atoms with Gasteiger partial charge in [-0.2, -0.15) is 0 Å². The van der Waals surface area contributed by atoms with Gasteiger partial charge >= 0.3 is 0 Å². The van der Waals surface area contributed by atoms with Crippen LogP contribution in [0.1, 0.15) is 40.0 Å².